The summed E-state index contributed by atoms with van der Waals surface area (Å²) in [6, 6.07) is 31.0. The topological polar surface area (TPSA) is 73.9 Å². The number of nitrogens with one attached hydrogen (secondary N) is 1. The van der Waals surface area contributed by atoms with E-state index in [-0.39, 0.29) is 0 Å². The van der Waals surface area contributed by atoms with Gasteiger partial charge in [-0.25, -0.2) is 0 Å². The zero-order valence-corrected chi connectivity index (χ0v) is 18.1. The lowest BCUT2D eigenvalue weighted by Gasteiger charge is -2.26. The standard InChI is InChI=1S/C28H21NO5/c30-26(29-22-14-6-9-17-25(22)33-19-10-2-1-3-11-19)18-32-28(31)27-20-12-4-7-15-23(20)34-24-16-8-5-13-21(24)27/h1-17,27H,18H2,(H,29,30). The molecule has 1 amide bonds. The van der Waals surface area contributed by atoms with Crippen molar-refractivity contribution < 1.29 is 23.8 Å². The molecule has 34 heavy (non-hydrogen) atoms. The molecule has 0 aromatic heterocycles. The summed E-state index contributed by atoms with van der Waals surface area (Å²) in [6.07, 6.45) is 0. The van der Waals surface area contributed by atoms with Crippen molar-refractivity contribution in [2.24, 2.45) is 0 Å². The number of benzene rings is 4. The molecule has 0 aliphatic carbocycles. The van der Waals surface area contributed by atoms with Crippen molar-refractivity contribution in [2.45, 2.75) is 5.92 Å². The second kappa shape index (κ2) is 9.50. The normalized spacial score (nSPS) is 12.0. The molecular formula is C28H21NO5. The van der Waals surface area contributed by atoms with Crippen LogP contribution in [0.4, 0.5) is 5.69 Å². The van der Waals surface area contributed by atoms with Crippen LogP contribution in [0.2, 0.25) is 0 Å². The van der Waals surface area contributed by atoms with Crippen LogP contribution in [0.25, 0.3) is 0 Å². The minimum Gasteiger partial charge on any atom is -0.457 e. The summed E-state index contributed by atoms with van der Waals surface area (Å²) in [7, 11) is 0. The molecule has 6 heteroatoms. The maximum absolute atomic E-state index is 13.1. The fourth-order valence-electron chi connectivity index (χ4n) is 3.84. The first-order valence-corrected chi connectivity index (χ1v) is 10.8. The van der Waals surface area contributed by atoms with Gasteiger partial charge in [0.05, 0.1) is 5.69 Å². The largest absolute Gasteiger partial charge is 0.457 e. The third-order valence-corrected chi connectivity index (χ3v) is 5.39. The molecule has 1 aliphatic heterocycles. The second-order valence-electron chi connectivity index (χ2n) is 7.68. The van der Waals surface area contributed by atoms with Gasteiger partial charge in [-0.2, -0.15) is 0 Å². The molecular weight excluding hydrogens is 430 g/mol. The van der Waals surface area contributed by atoms with Crippen LogP contribution in [-0.4, -0.2) is 18.5 Å². The number of anilines is 1. The third-order valence-electron chi connectivity index (χ3n) is 5.39. The summed E-state index contributed by atoms with van der Waals surface area (Å²) in [5, 5.41) is 2.76. The number of carbonyl (C=O) groups is 2. The van der Waals surface area contributed by atoms with Crippen LogP contribution in [-0.2, 0) is 14.3 Å². The Morgan fingerprint density at radius 1 is 0.735 bits per heavy atom. The number of ether oxygens (including phenoxy) is 3. The van der Waals surface area contributed by atoms with Crippen molar-refractivity contribution >= 4 is 17.6 Å². The highest BCUT2D eigenvalue weighted by Gasteiger charge is 2.33. The number of rotatable bonds is 6. The molecule has 168 valence electrons. The quantitative estimate of drug-likeness (QED) is 0.370. The Labute approximate surface area is 196 Å². The number of amides is 1. The van der Waals surface area contributed by atoms with Gasteiger partial charge < -0.3 is 19.5 Å². The first-order valence-electron chi connectivity index (χ1n) is 10.8. The van der Waals surface area contributed by atoms with Crippen molar-refractivity contribution in [3.63, 3.8) is 0 Å². The zero-order chi connectivity index (χ0) is 23.3. The first-order chi connectivity index (χ1) is 16.7. The Bertz CT molecular complexity index is 1290. The van der Waals surface area contributed by atoms with Crippen molar-refractivity contribution in [3.8, 4) is 23.0 Å². The van der Waals surface area contributed by atoms with E-state index in [4.69, 9.17) is 14.2 Å². The van der Waals surface area contributed by atoms with Crippen LogP contribution in [0.5, 0.6) is 23.0 Å². The van der Waals surface area contributed by atoms with E-state index in [9.17, 15) is 9.59 Å². The molecule has 4 aromatic carbocycles. The summed E-state index contributed by atoms with van der Waals surface area (Å²) < 4.78 is 17.2. The highest BCUT2D eigenvalue weighted by Crippen LogP contribution is 2.44. The second-order valence-corrected chi connectivity index (χ2v) is 7.68. The molecule has 5 rings (SSSR count). The summed E-state index contributed by atoms with van der Waals surface area (Å²) in [5.41, 5.74) is 1.88. The number of hydrogen-bond donors (Lipinski definition) is 1. The van der Waals surface area contributed by atoms with Crippen LogP contribution in [0, 0.1) is 0 Å². The smallest absolute Gasteiger partial charge is 0.318 e. The minimum atomic E-state index is -0.678. The van der Waals surface area contributed by atoms with Crippen LogP contribution in [0.15, 0.2) is 103 Å². The van der Waals surface area contributed by atoms with Gasteiger partial charge in [0, 0.05) is 11.1 Å². The first kappa shape index (κ1) is 21.3. The van der Waals surface area contributed by atoms with E-state index < -0.39 is 24.4 Å². The molecule has 1 aliphatic rings. The highest BCUT2D eigenvalue weighted by atomic mass is 16.5. The fourth-order valence-corrected chi connectivity index (χ4v) is 3.84. The summed E-state index contributed by atoms with van der Waals surface area (Å²) >= 11 is 0. The van der Waals surface area contributed by atoms with Gasteiger partial charge in [-0.3, -0.25) is 9.59 Å². The molecule has 0 saturated carbocycles. The summed E-state index contributed by atoms with van der Waals surface area (Å²) in [4.78, 5) is 25.7. The fraction of sp³-hybridized carbons (Fsp3) is 0.0714. The number of esters is 1. The van der Waals surface area contributed by atoms with Gasteiger partial charge >= 0.3 is 5.97 Å². The highest BCUT2D eigenvalue weighted by molar-refractivity contribution is 5.95. The molecule has 0 bridgehead atoms. The lowest BCUT2D eigenvalue weighted by Crippen LogP contribution is -2.26. The van der Waals surface area contributed by atoms with Crippen molar-refractivity contribution in [1.29, 1.82) is 0 Å². The molecule has 4 aromatic rings. The van der Waals surface area contributed by atoms with Crippen molar-refractivity contribution in [1.82, 2.24) is 0 Å². The van der Waals surface area contributed by atoms with Crippen LogP contribution in [0.1, 0.15) is 17.0 Å². The Morgan fingerprint density at radius 3 is 2.03 bits per heavy atom. The lowest BCUT2D eigenvalue weighted by atomic mass is 9.88. The predicted molar refractivity (Wildman–Crippen MR) is 127 cm³/mol. The van der Waals surface area contributed by atoms with E-state index in [0.29, 0.717) is 39.8 Å². The summed E-state index contributed by atoms with van der Waals surface area (Å²) in [5.74, 6) is 0.660. The molecule has 1 heterocycles. The van der Waals surface area contributed by atoms with Gasteiger partial charge in [0.25, 0.3) is 5.91 Å². The van der Waals surface area contributed by atoms with Gasteiger partial charge in [0.15, 0.2) is 12.4 Å². The molecule has 0 saturated heterocycles. The van der Waals surface area contributed by atoms with Crippen LogP contribution < -0.4 is 14.8 Å². The van der Waals surface area contributed by atoms with Gasteiger partial charge in [-0.15, -0.1) is 0 Å². The third kappa shape index (κ3) is 4.47. The Balaban J connectivity index is 1.28. The number of para-hydroxylation sites is 5. The van der Waals surface area contributed by atoms with E-state index in [0.717, 1.165) is 0 Å². The number of hydrogen-bond acceptors (Lipinski definition) is 5. The molecule has 0 spiro atoms. The maximum atomic E-state index is 13.1. The monoisotopic (exact) mass is 451 g/mol. The average molecular weight is 451 g/mol. The number of carbonyl (C=O) groups excluding carboxylic acids is 2. The average Bonchev–Trinajstić information content (AvgIpc) is 2.87. The van der Waals surface area contributed by atoms with E-state index in [1.54, 1.807) is 18.2 Å². The maximum Gasteiger partial charge on any atom is 0.318 e. The molecule has 0 unspecified atom stereocenters. The minimum absolute atomic E-state index is 0.430. The Morgan fingerprint density at radius 2 is 1.32 bits per heavy atom. The molecule has 0 radical (unpaired) electrons. The summed E-state index contributed by atoms with van der Waals surface area (Å²) in [6.45, 7) is -0.430. The van der Waals surface area contributed by atoms with Gasteiger partial charge in [0.2, 0.25) is 0 Å². The van der Waals surface area contributed by atoms with E-state index in [1.165, 1.54) is 0 Å². The predicted octanol–water partition coefficient (Wildman–Crippen LogP) is 5.90. The van der Waals surface area contributed by atoms with Crippen molar-refractivity contribution in [2.75, 3.05) is 11.9 Å². The van der Waals surface area contributed by atoms with Gasteiger partial charge in [0.1, 0.15) is 23.2 Å². The zero-order valence-electron chi connectivity index (χ0n) is 18.1. The molecule has 0 fully saturated rings. The van der Waals surface area contributed by atoms with E-state index in [2.05, 4.69) is 5.32 Å². The molecule has 0 atom stereocenters. The number of fused-ring (bicyclic) bond motifs is 2. The van der Waals surface area contributed by atoms with Crippen LogP contribution in [0.3, 0.4) is 0 Å². The Kier molecular flexibility index (Phi) is 5.95. The van der Waals surface area contributed by atoms with Gasteiger partial charge in [-0.1, -0.05) is 66.7 Å². The van der Waals surface area contributed by atoms with E-state index in [1.807, 2.05) is 84.9 Å². The molecule has 1 N–H and O–H groups in total. The van der Waals surface area contributed by atoms with Gasteiger partial charge in [-0.05, 0) is 36.4 Å². The van der Waals surface area contributed by atoms with Crippen LogP contribution >= 0.6 is 0 Å². The SMILES string of the molecule is O=C(COC(=O)C1c2ccccc2Oc2ccccc21)Nc1ccccc1Oc1ccccc1. The van der Waals surface area contributed by atoms with E-state index >= 15 is 0 Å². The van der Waals surface area contributed by atoms with Crippen molar-refractivity contribution in [3.05, 3.63) is 114 Å². The lowest BCUT2D eigenvalue weighted by molar-refractivity contribution is -0.148. The molecule has 6 nitrogen and oxygen atoms in total. The Hall–Kier alpha value is -4.58.